The summed E-state index contributed by atoms with van der Waals surface area (Å²) in [4.78, 5) is 32.7. The molecule has 0 amide bonds. The van der Waals surface area contributed by atoms with Crippen LogP contribution in [0.3, 0.4) is 0 Å². The van der Waals surface area contributed by atoms with Crippen molar-refractivity contribution in [1.29, 1.82) is 0 Å². The molecule has 2 rings (SSSR count). The van der Waals surface area contributed by atoms with Gasteiger partial charge in [0.2, 0.25) is 0 Å². The molecule has 0 spiro atoms. The van der Waals surface area contributed by atoms with Gasteiger partial charge in [-0.1, -0.05) is 0 Å². The predicted octanol–water partition coefficient (Wildman–Crippen LogP) is 5.05. The molecule has 0 aliphatic heterocycles. The molecule has 10 heteroatoms. The van der Waals surface area contributed by atoms with Gasteiger partial charge in [-0.15, -0.1) is 0 Å². The number of nitrogens with zero attached hydrogens (tertiary/aromatic N) is 1. The minimum Gasteiger partial charge on any atom is -0.456 e. The number of nitrogen functional groups attached to an aromatic ring is 1. The van der Waals surface area contributed by atoms with Gasteiger partial charge in [0.05, 0.1) is 22.1 Å². The number of nitrogens with two attached hydrogens (primary N) is 1. The number of carbonyl (C=O) groups is 2. The Hall–Kier alpha value is -3.56. The third kappa shape index (κ3) is 8.66. The molecular formula is C22H26F2N2O6. The van der Waals surface area contributed by atoms with Gasteiger partial charge in [-0.3, -0.25) is 10.1 Å². The van der Waals surface area contributed by atoms with Gasteiger partial charge in [0, 0.05) is 11.8 Å². The van der Waals surface area contributed by atoms with E-state index in [2.05, 4.69) is 0 Å². The van der Waals surface area contributed by atoms with Crippen molar-refractivity contribution in [3.63, 3.8) is 0 Å². The molecule has 174 valence electrons. The first-order valence-electron chi connectivity index (χ1n) is 9.46. The fraction of sp³-hybridized carbons (Fsp3) is 0.364. The molecule has 0 bridgehead atoms. The molecule has 2 aromatic rings. The van der Waals surface area contributed by atoms with Crippen LogP contribution in [0.25, 0.3) is 0 Å². The summed E-state index contributed by atoms with van der Waals surface area (Å²) in [6.07, 6.45) is 0. The Morgan fingerprint density at radius 3 is 1.59 bits per heavy atom. The van der Waals surface area contributed by atoms with E-state index < -0.39 is 45.4 Å². The third-order valence-electron chi connectivity index (χ3n) is 3.39. The molecule has 0 fully saturated rings. The molecule has 0 unspecified atom stereocenters. The van der Waals surface area contributed by atoms with E-state index in [4.69, 9.17) is 15.2 Å². The number of hydrogen-bond acceptors (Lipinski definition) is 7. The lowest BCUT2D eigenvalue weighted by atomic mass is 10.1. The number of rotatable bonds is 3. The summed E-state index contributed by atoms with van der Waals surface area (Å²) < 4.78 is 36.7. The van der Waals surface area contributed by atoms with Crippen LogP contribution in [0.1, 0.15) is 62.3 Å². The normalized spacial score (nSPS) is 11.1. The summed E-state index contributed by atoms with van der Waals surface area (Å²) in [5, 5.41) is 10.4. The van der Waals surface area contributed by atoms with Crippen LogP contribution in [0.15, 0.2) is 36.4 Å². The van der Waals surface area contributed by atoms with Crippen LogP contribution in [-0.4, -0.2) is 28.1 Å². The molecule has 0 heterocycles. The molecule has 2 N–H and O–H groups in total. The maximum Gasteiger partial charge on any atom is 0.341 e. The zero-order valence-corrected chi connectivity index (χ0v) is 18.7. The first-order chi connectivity index (χ1) is 14.5. The minimum atomic E-state index is -0.964. The molecule has 2 aromatic carbocycles. The Morgan fingerprint density at radius 1 is 0.844 bits per heavy atom. The monoisotopic (exact) mass is 452 g/mol. The smallest absolute Gasteiger partial charge is 0.341 e. The highest BCUT2D eigenvalue weighted by molar-refractivity contribution is 5.90. The topological polar surface area (TPSA) is 122 Å². The molecule has 0 saturated heterocycles. The number of nitro groups is 1. The van der Waals surface area contributed by atoms with Gasteiger partial charge in [-0.25, -0.2) is 18.4 Å². The van der Waals surface area contributed by atoms with E-state index in [1.165, 1.54) is 12.1 Å². The predicted molar refractivity (Wildman–Crippen MR) is 114 cm³/mol. The lowest BCUT2D eigenvalue weighted by Crippen LogP contribution is -2.24. The van der Waals surface area contributed by atoms with Gasteiger partial charge in [0.25, 0.3) is 5.69 Å². The average Bonchev–Trinajstić information content (AvgIpc) is 2.58. The van der Waals surface area contributed by atoms with Gasteiger partial charge < -0.3 is 15.2 Å². The number of non-ortho nitro benzene ring substituents is 1. The number of benzene rings is 2. The van der Waals surface area contributed by atoms with Crippen LogP contribution in [0, 0.1) is 21.7 Å². The maximum atomic E-state index is 13.4. The highest BCUT2D eigenvalue weighted by Crippen LogP contribution is 2.20. The molecule has 0 aromatic heterocycles. The quantitative estimate of drug-likeness (QED) is 0.299. The Balaban J connectivity index is 0.000000323. The van der Waals surface area contributed by atoms with Crippen LogP contribution in [0.2, 0.25) is 0 Å². The number of carbonyl (C=O) groups excluding carboxylic acids is 2. The highest BCUT2D eigenvalue weighted by Gasteiger charge is 2.22. The first-order valence-corrected chi connectivity index (χ1v) is 9.46. The maximum absolute atomic E-state index is 13.4. The summed E-state index contributed by atoms with van der Waals surface area (Å²) in [5.41, 5.74) is 3.44. The average molecular weight is 452 g/mol. The van der Waals surface area contributed by atoms with E-state index >= 15 is 0 Å². The number of ether oxygens (including phenoxy) is 2. The van der Waals surface area contributed by atoms with E-state index in [1.54, 1.807) is 41.5 Å². The molecule has 0 atom stereocenters. The molecule has 0 aliphatic rings. The van der Waals surface area contributed by atoms with Crippen molar-refractivity contribution in [3.05, 3.63) is 69.3 Å². The Bertz CT molecular complexity index is 1010. The van der Waals surface area contributed by atoms with Crippen molar-refractivity contribution in [2.24, 2.45) is 0 Å². The van der Waals surface area contributed by atoms with E-state index in [9.17, 15) is 28.5 Å². The van der Waals surface area contributed by atoms with Crippen LogP contribution < -0.4 is 5.73 Å². The third-order valence-corrected chi connectivity index (χ3v) is 3.39. The van der Waals surface area contributed by atoms with Crippen molar-refractivity contribution >= 4 is 23.3 Å². The van der Waals surface area contributed by atoms with Crippen molar-refractivity contribution in [2.75, 3.05) is 5.73 Å². The molecule has 0 radical (unpaired) electrons. The van der Waals surface area contributed by atoms with Crippen molar-refractivity contribution in [3.8, 4) is 0 Å². The number of nitro benzene ring substituents is 1. The Morgan fingerprint density at radius 2 is 1.25 bits per heavy atom. The second-order valence-corrected chi connectivity index (χ2v) is 8.66. The minimum absolute atomic E-state index is 0.0980. The number of anilines is 1. The molecule has 32 heavy (non-hydrogen) atoms. The lowest BCUT2D eigenvalue weighted by molar-refractivity contribution is -0.385. The standard InChI is InChI=1S/C11H12FNO4.C11H14FNO2/c1-11(2,3)17-10(14)8-5-4-7(13(15)16)6-9(8)12;1-11(2,3)15-10(14)8-5-4-7(13)6-9(8)12/h4-6H,1-3H3;4-6H,13H2,1-3H3. The molecule has 8 nitrogen and oxygen atoms in total. The van der Waals surface area contributed by atoms with Crippen LogP contribution in [-0.2, 0) is 9.47 Å². The lowest BCUT2D eigenvalue weighted by Gasteiger charge is -2.19. The van der Waals surface area contributed by atoms with Crippen LogP contribution in [0.4, 0.5) is 20.2 Å². The Labute approximate surface area is 184 Å². The van der Waals surface area contributed by atoms with Gasteiger partial charge >= 0.3 is 11.9 Å². The zero-order chi connectivity index (χ0) is 24.9. The van der Waals surface area contributed by atoms with E-state index in [-0.39, 0.29) is 16.8 Å². The van der Waals surface area contributed by atoms with Crippen molar-refractivity contribution < 1.29 is 32.8 Å². The fourth-order valence-corrected chi connectivity index (χ4v) is 2.15. The van der Waals surface area contributed by atoms with E-state index in [0.29, 0.717) is 6.07 Å². The summed E-state index contributed by atoms with van der Waals surface area (Å²) in [5.74, 6) is -3.15. The second-order valence-electron chi connectivity index (χ2n) is 8.66. The van der Waals surface area contributed by atoms with E-state index in [1.807, 2.05) is 0 Å². The summed E-state index contributed by atoms with van der Waals surface area (Å²) in [6, 6.07) is 6.67. The molecule has 0 aliphatic carbocycles. The first kappa shape index (κ1) is 26.5. The zero-order valence-electron chi connectivity index (χ0n) is 18.7. The fourth-order valence-electron chi connectivity index (χ4n) is 2.15. The van der Waals surface area contributed by atoms with Crippen LogP contribution >= 0.6 is 0 Å². The van der Waals surface area contributed by atoms with Crippen molar-refractivity contribution in [1.82, 2.24) is 0 Å². The van der Waals surface area contributed by atoms with Gasteiger partial charge in [-0.05, 0) is 65.8 Å². The van der Waals surface area contributed by atoms with Crippen LogP contribution in [0.5, 0.6) is 0 Å². The number of hydrogen-bond donors (Lipinski definition) is 1. The molecular weight excluding hydrogens is 426 g/mol. The summed E-state index contributed by atoms with van der Waals surface area (Å²) in [6.45, 7) is 10.1. The van der Waals surface area contributed by atoms with E-state index in [0.717, 1.165) is 18.2 Å². The summed E-state index contributed by atoms with van der Waals surface area (Å²) in [7, 11) is 0. The van der Waals surface area contributed by atoms with Gasteiger partial charge in [0.1, 0.15) is 22.8 Å². The van der Waals surface area contributed by atoms with Gasteiger partial charge in [-0.2, -0.15) is 0 Å². The van der Waals surface area contributed by atoms with Gasteiger partial charge in [0.15, 0.2) is 0 Å². The molecule has 0 saturated carbocycles. The largest absolute Gasteiger partial charge is 0.456 e. The summed E-state index contributed by atoms with van der Waals surface area (Å²) >= 11 is 0. The second kappa shape index (κ2) is 10.2. The van der Waals surface area contributed by atoms with Crippen molar-refractivity contribution in [2.45, 2.75) is 52.7 Å². The number of esters is 2. The number of halogens is 2. The SMILES string of the molecule is CC(C)(C)OC(=O)c1ccc(N)cc1F.CC(C)(C)OC(=O)c1ccc([N+](=O)[O-])cc1F. The Kier molecular flexibility index (Phi) is 8.41. The highest BCUT2D eigenvalue weighted by atomic mass is 19.1.